The van der Waals surface area contributed by atoms with Crippen molar-refractivity contribution in [2.45, 2.75) is 12.8 Å². The van der Waals surface area contributed by atoms with Crippen LogP contribution in [0.25, 0.3) is 11.6 Å². The van der Waals surface area contributed by atoms with Crippen LogP contribution >= 0.6 is 0 Å². The molecule has 0 spiro atoms. The van der Waals surface area contributed by atoms with Crippen LogP contribution in [0.1, 0.15) is 12.3 Å². The Bertz CT molecular complexity index is 394. The van der Waals surface area contributed by atoms with Crippen molar-refractivity contribution in [2.24, 2.45) is 0 Å². The average molecular weight is 207 g/mol. The summed E-state index contributed by atoms with van der Waals surface area (Å²) in [6.07, 6.45) is 3.43. The van der Waals surface area contributed by atoms with Crippen molar-refractivity contribution in [3.05, 3.63) is 18.2 Å². The van der Waals surface area contributed by atoms with E-state index in [1.165, 1.54) is 0 Å². The maximum Gasteiger partial charge on any atom is 0.265 e. The number of hydrogen-bond acceptors (Lipinski definition) is 5. The van der Waals surface area contributed by atoms with Crippen LogP contribution in [0, 0.1) is 0 Å². The fourth-order valence-corrected chi connectivity index (χ4v) is 1.25. The zero-order valence-corrected chi connectivity index (χ0v) is 8.53. The predicted molar refractivity (Wildman–Crippen MR) is 54.1 cm³/mol. The molecule has 0 aromatic carbocycles. The summed E-state index contributed by atoms with van der Waals surface area (Å²) in [5, 5.41) is 17.5. The van der Waals surface area contributed by atoms with E-state index in [9.17, 15) is 0 Å². The van der Waals surface area contributed by atoms with Gasteiger partial charge in [-0.05, 0) is 26.1 Å². The molecule has 6 heteroatoms. The van der Waals surface area contributed by atoms with Gasteiger partial charge in [-0.3, -0.25) is 5.10 Å². The van der Waals surface area contributed by atoms with Gasteiger partial charge in [0.1, 0.15) is 5.69 Å². The van der Waals surface area contributed by atoms with Crippen molar-refractivity contribution in [3.8, 4) is 11.6 Å². The number of rotatable bonds is 5. The second-order valence-electron chi connectivity index (χ2n) is 3.18. The van der Waals surface area contributed by atoms with E-state index in [2.05, 4.69) is 25.7 Å². The van der Waals surface area contributed by atoms with Crippen molar-refractivity contribution < 1.29 is 4.42 Å². The summed E-state index contributed by atoms with van der Waals surface area (Å²) in [4.78, 5) is 0. The van der Waals surface area contributed by atoms with Crippen molar-refractivity contribution in [2.75, 3.05) is 13.6 Å². The number of hydrogen-bond donors (Lipinski definition) is 2. The molecule has 0 amide bonds. The van der Waals surface area contributed by atoms with Gasteiger partial charge < -0.3 is 9.73 Å². The topological polar surface area (TPSA) is 79.6 Å². The Morgan fingerprint density at radius 1 is 1.47 bits per heavy atom. The molecule has 0 aliphatic rings. The number of aromatic nitrogens is 4. The monoisotopic (exact) mass is 207 g/mol. The molecular formula is C9H13N5O. The smallest absolute Gasteiger partial charge is 0.265 e. The van der Waals surface area contributed by atoms with E-state index < -0.39 is 0 Å². The number of nitrogens with zero attached hydrogens (tertiary/aromatic N) is 3. The van der Waals surface area contributed by atoms with Gasteiger partial charge in [0.2, 0.25) is 5.89 Å². The molecule has 2 heterocycles. The second kappa shape index (κ2) is 4.70. The van der Waals surface area contributed by atoms with E-state index >= 15 is 0 Å². The summed E-state index contributed by atoms with van der Waals surface area (Å²) in [5.74, 6) is 1.15. The van der Waals surface area contributed by atoms with Gasteiger partial charge in [-0.2, -0.15) is 5.10 Å². The van der Waals surface area contributed by atoms with E-state index in [-0.39, 0.29) is 0 Å². The fourth-order valence-electron chi connectivity index (χ4n) is 1.25. The molecule has 0 bridgehead atoms. The second-order valence-corrected chi connectivity index (χ2v) is 3.18. The quantitative estimate of drug-likeness (QED) is 0.702. The molecule has 2 aromatic rings. The molecule has 0 radical (unpaired) electrons. The molecule has 0 saturated heterocycles. The maximum atomic E-state index is 5.45. The molecule has 0 fully saturated rings. The third-order valence-electron chi connectivity index (χ3n) is 2.02. The van der Waals surface area contributed by atoms with Crippen LogP contribution in [0.15, 0.2) is 16.7 Å². The Hall–Kier alpha value is -1.69. The molecule has 0 aliphatic heterocycles. The summed E-state index contributed by atoms with van der Waals surface area (Å²) in [5.41, 5.74) is 0.752. The molecule has 6 nitrogen and oxygen atoms in total. The molecule has 0 atom stereocenters. The SMILES string of the molecule is CNCCCc1nnc(-c2ccn[nH]2)o1. The number of aromatic amines is 1. The van der Waals surface area contributed by atoms with Crippen LogP contribution < -0.4 is 5.32 Å². The van der Waals surface area contributed by atoms with Gasteiger partial charge in [-0.1, -0.05) is 0 Å². The molecule has 0 aliphatic carbocycles. The molecule has 2 N–H and O–H groups in total. The highest BCUT2D eigenvalue weighted by molar-refractivity contribution is 5.44. The molecule has 80 valence electrons. The third-order valence-corrected chi connectivity index (χ3v) is 2.02. The van der Waals surface area contributed by atoms with Gasteiger partial charge in [0, 0.05) is 12.6 Å². The molecule has 2 aromatic heterocycles. The van der Waals surface area contributed by atoms with E-state index in [1.807, 2.05) is 7.05 Å². The molecule has 0 unspecified atom stereocenters. The predicted octanol–water partition coefficient (Wildman–Crippen LogP) is 0.612. The minimum atomic E-state index is 0.493. The van der Waals surface area contributed by atoms with Crippen LogP contribution in [0.5, 0.6) is 0 Å². The van der Waals surface area contributed by atoms with Crippen LogP contribution in [-0.4, -0.2) is 34.0 Å². The first-order valence-electron chi connectivity index (χ1n) is 4.87. The lowest BCUT2D eigenvalue weighted by Gasteiger charge is -1.94. The van der Waals surface area contributed by atoms with Crippen molar-refractivity contribution in [1.82, 2.24) is 25.7 Å². The summed E-state index contributed by atoms with van der Waals surface area (Å²) in [6, 6.07) is 1.80. The highest BCUT2D eigenvalue weighted by atomic mass is 16.4. The normalized spacial score (nSPS) is 10.7. The zero-order chi connectivity index (χ0) is 10.5. The summed E-state index contributed by atoms with van der Waals surface area (Å²) >= 11 is 0. The van der Waals surface area contributed by atoms with Crippen LogP contribution in [0.2, 0.25) is 0 Å². The number of aryl methyl sites for hydroxylation is 1. The summed E-state index contributed by atoms with van der Waals surface area (Å²) in [7, 11) is 1.92. The first kappa shape index (κ1) is 9.85. The van der Waals surface area contributed by atoms with Crippen molar-refractivity contribution in [1.29, 1.82) is 0 Å². The fraction of sp³-hybridized carbons (Fsp3) is 0.444. The molecule has 2 rings (SSSR count). The lowest BCUT2D eigenvalue weighted by atomic mass is 10.3. The Morgan fingerprint density at radius 3 is 3.13 bits per heavy atom. The van der Waals surface area contributed by atoms with E-state index in [0.717, 1.165) is 25.1 Å². The first-order valence-corrected chi connectivity index (χ1v) is 4.87. The molecule has 15 heavy (non-hydrogen) atoms. The van der Waals surface area contributed by atoms with Crippen LogP contribution in [0.4, 0.5) is 0 Å². The van der Waals surface area contributed by atoms with Crippen molar-refractivity contribution >= 4 is 0 Å². The van der Waals surface area contributed by atoms with Crippen LogP contribution in [-0.2, 0) is 6.42 Å². The minimum absolute atomic E-state index is 0.493. The minimum Gasteiger partial charge on any atom is -0.419 e. The van der Waals surface area contributed by atoms with Gasteiger partial charge in [0.25, 0.3) is 5.89 Å². The van der Waals surface area contributed by atoms with Gasteiger partial charge in [0.05, 0.1) is 0 Å². The molecule has 0 saturated carbocycles. The zero-order valence-electron chi connectivity index (χ0n) is 8.53. The summed E-state index contributed by atoms with van der Waals surface area (Å²) < 4.78 is 5.45. The Labute approximate surface area is 87.1 Å². The highest BCUT2D eigenvalue weighted by Gasteiger charge is 2.08. The van der Waals surface area contributed by atoms with Gasteiger partial charge in [-0.15, -0.1) is 10.2 Å². The summed E-state index contributed by atoms with van der Waals surface area (Å²) in [6.45, 7) is 0.946. The van der Waals surface area contributed by atoms with E-state index in [0.29, 0.717) is 11.8 Å². The average Bonchev–Trinajstić information content (AvgIpc) is 2.87. The first-order chi connectivity index (χ1) is 7.40. The Balaban J connectivity index is 1.98. The largest absolute Gasteiger partial charge is 0.419 e. The van der Waals surface area contributed by atoms with Gasteiger partial charge in [-0.25, -0.2) is 0 Å². The molecular weight excluding hydrogens is 194 g/mol. The lowest BCUT2D eigenvalue weighted by molar-refractivity contribution is 0.493. The third kappa shape index (κ3) is 2.41. The number of nitrogens with one attached hydrogen (secondary N) is 2. The highest BCUT2D eigenvalue weighted by Crippen LogP contribution is 2.14. The standard InChI is InChI=1S/C9H13N5O/c1-10-5-2-3-8-13-14-9(15-8)7-4-6-11-12-7/h4,6,10H,2-3,5H2,1H3,(H,11,12). The van der Waals surface area contributed by atoms with Crippen LogP contribution in [0.3, 0.4) is 0 Å². The Kier molecular flexibility index (Phi) is 3.08. The van der Waals surface area contributed by atoms with E-state index in [4.69, 9.17) is 4.42 Å². The van der Waals surface area contributed by atoms with Crippen molar-refractivity contribution in [3.63, 3.8) is 0 Å². The lowest BCUT2D eigenvalue weighted by Crippen LogP contribution is -2.08. The Morgan fingerprint density at radius 2 is 2.40 bits per heavy atom. The van der Waals surface area contributed by atoms with Gasteiger partial charge >= 0.3 is 0 Å². The van der Waals surface area contributed by atoms with Gasteiger partial charge in [0.15, 0.2) is 0 Å². The maximum absolute atomic E-state index is 5.45. The number of H-pyrrole nitrogens is 1. The van der Waals surface area contributed by atoms with E-state index in [1.54, 1.807) is 12.3 Å².